The SMILES string of the molecule is Nc1cc2c(cc1CO)CCC2. The summed E-state index contributed by atoms with van der Waals surface area (Å²) in [4.78, 5) is 0. The fourth-order valence-electron chi connectivity index (χ4n) is 1.83. The number of aliphatic hydroxyl groups is 1. The van der Waals surface area contributed by atoms with Gasteiger partial charge in [0, 0.05) is 11.3 Å². The number of aliphatic hydroxyl groups excluding tert-OH is 1. The summed E-state index contributed by atoms with van der Waals surface area (Å²) >= 11 is 0. The molecule has 1 aliphatic carbocycles. The maximum absolute atomic E-state index is 8.97. The minimum atomic E-state index is 0.0547. The molecule has 0 heterocycles. The molecule has 0 aromatic heterocycles. The first-order valence-corrected chi connectivity index (χ1v) is 4.32. The highest BCUT2D eigenvalue weighted by Crippen LogP contribution is 2.26. The Hall–Kier alpha value is -1.02. The fourth-order valence-corrected chi connectivity index (χ4v) is 1.83. The van der Waals surface area contributed by atoms with Crippen LogP contribution in [0, 0.1) is 0 Å². The van der Waals surface area contributed by atoms with Crippen LogP contribution in [0.1, 0.15) is 23.1 Å². The highest BCUT2D eigenvalue weighted by molar-refractivity contribution is 5.53. The van der Waals surface area contributed by atoms with Crippen molar-refractivity contribution >= 4 is 5.69 Å². The van der Waals surface area contributed by atoms with Gasteiger partial charge < -0.3 is 10.8 Å². The zero-order valence-electron chi connectivity index (χ0n) is 7.01. The van der Waals surface area contributed by atoms with Crippen LogP contribution >= 0.6 is 0 Å². The van der Waals surface area contributed by atoms with Gasteiger partial charge in [0.15, 0.2) is 0 Å². The summed E-state index contributed by atoms with van der Waals surface area (Å²) in [5, 5.41) is 8.97. The smallest absolute Gasteiger partial charge is 0.0702 e. The molecular formula is C10H13NO. The summed E-state index contributed by atoms with van der Waals surface area (Å²) in [6.07, 6.45) is 3.51. The van der Waals surface area contributed by atoms with Crippen LogP contribution in [0.5, 0.6) is 0 Å². The maximum Gasteiger partial charge on any atom is 0.0702 e. The molecule has 0 saturated carbocycles. The van der Waals surface area contributed by atoms with E-state index >= 15 is 0 Å². The van der Waals surface area contributed by atoms with E-state index < -0.39 is 0 Å². The number of aryl methyl sites for hydroxylation is 2. The Kier molecular flexibility index (Phi) is 1.77. The molecule has 2 heteroatoms. The van der Waals surface area contributed by atoms with E-state index in [-0.39, 0.29) is 6.61 Å². The number of hydrogen-bond donors (Lipinski definition) is 2. The second kappa shape index (κ2) is 2.79. The molecule has 1 aliphatic rings. The van der Waals surface area contributed by atoms with Crippen LogP contribution in [0.4, 0.5) is 5.69 Å². The van der Waals surface area contributed by atoms with Crippen molar-refractivity contribution < 1.29 is 5.11 Å². The molecule has 2 rings (SSSR count). The van der Waals surface area contributed by atoms with Gasteiger partial charge in [-0.15, -0.1) is 0 Å². The lowest BCUT2D eigenvalue weighted by atomic mass is 10.0. The van der Waals surface area contributed by atoms with E-state index in [4.69, 9.17) is 10.8 Å². The Balaban J connectivity index is 2.49. The molecule has 0 amide bonds. The normalized spacial score (nSPS) is 14.8. The molecule has 0 bridgehead atoms. The molecule has 0 unspecified atom stereocenters. The summed E-state index contributed by atoms with van der Waals surface area (Å²) in [6.45, 7) is 0.0547. The van der Waals surface area contributed by atoms with Gasteiger partial charge in [-0.05, 0) is 36.5 Å². The minimum absolute atomic E-state index is 0.0547. The van der Waals surface area contributed by atoms with Crippen LogP contribution in [0.15, 0.2) is 12.1 Å². The van der Waals surface area contributed by atoms with Crippen LogP contribution in [0.3, 0.4) is 0 Å². The molecular weight excluding hydrogens is 150 g/mol. The van der Waals surface area contributed by atoms with Crippen molar-refractivity contribution in [2.24, 2.45) is 0 Å². The third-order valence-corrected chi connectivity index (χ3v) is 2.52. The van der Waals surface area contributed by atoms with E-state index in [1.54, 1.807) is 0 Å². The molecule has 1 aromatic rings. The molecule has 64 valence electrons. The van der Waals surface area contributed by atoms with Gasteiger partial charge in [0.05, 0.1) is 6.61 Å². The largest absolute Gasteiger partial charge is 0.398 e. The third-order valence-electron chi connectivity index (χ3n) is 2.52. The van der Waals surface area contributed by atoms with Gasteiger partial charge in [-0.3, -0.25) is 0 Å². The predicted octanol–water partition coefficient (Wildman–Crippen LogP) is 1.25. The Morgan fingerprint density at radius 3 is 2.58 bits per heavy atom. The summed E-state index contributed by atoms with van der Waals surface area (Å²) in [5.74, 6) is 0. The summed E-state index contributed by atoms with van der Waals surface area (Å²) < 4.78 is 0. The zero-order valence-corrected chi connectivity index (χ0v) is 7.01. The van der Waals surface area contributed by atoms with E-state index in [1.165, 1.54) is 17.5 Å². The van der Waals surface area contributed by atoms with Crippen molar-refractivity contribution in [3.05, 3.63) is 28.8 Å². The average molecular weight is 163 g/mol. The Bertz CT molecular complexity index is 306. The van der Waals surface area contributed by atoms with Gasteiger partial charge in [-0.2, -0.15) is 0 Å². The average Bonchev–Trinajstić information content (AvgIpc) is 2.49. The van der Waals surface area contributed by atoms with E-state index in [0.717, 1.165) is 24.1 Å². The van der Waals surface area contributed by atoms with Crippen molar-refractivity contribution in [3.63, 3.8) is 0 Å². The van der Waals surface area contributed by atoms with Gasteiger partial charge in [0.2, 0.25) is 0 Å². The Labute approximate surface area is 72.0 Å². The number of nitrogens with two attached hydrogens (primary N) is 1. The van der Waals surface area contributed by atoms with Crippen molar-refractivity contribution in [1.29, 1.82) is 0 Å². The molecule has 0 aliphatic heterocycles. The van der Waals surface area contributed by atoms with Gasteiger partial charge in [0.25, 0.3) is 0 Å². The summed E-state index contributed by atoms with van der Waals surface area (Å²) in [5.41, 5.74) is 10.1. The van der Waals surface area contributed by atoms with E-state index in [0.29, 0.717) is 0 Å². The molecule has 0 atom stereocenters. The number of fused-ring (bicyclic) bond motifs is 1. The lowest BCUT2D eigenvalue weighted by Crippen LogP contribution is -1.96. The third kappa shape index (κ3) is 1.08. The van der Waals surface area contributed by atoms with E-state index in [1.807, 2.05) is 12.1 Å². The van der Waals surface area contributed by atoms with E-state index in [2.05, 4.69) is 0 Å². The standard InChI is InChI=1S/C10H13NO/c11-10-5-8-3-1-2-7(8)4-9(10)6-12/h4-5,12H,1-3,6,11H2. The first-order chi connectivity index (χ1) is 5.81. The highest BCUT2D eigenvalue weighted by atomic mass is 16.3. The Morgan fingerprint density at radius 1 is 1.25 bits per heavy atom. The minimum Gasteiger partial charge on any atom is -0.398 e. The molecule has 2 nitrogen and oxygen atoms in total. The molecule has 3 N–H and O–H groups in total. The van der Waals surface area contributed by atoms with Crippen LogP contribution in [0.2, 0.25) is 0 Å². The van der Waals surface area contributed by atoms with Crippen molar-refractivity contribution in [2.75, 3.05) is 5.73 Å². The fraction of sp³-hybridized carbons (Fsp3) is 0.400. The summed E-state index contributed by atoms with van der Waals surface area (Å²) in [7, 11) is 0. The number of benzene rings is 1. The Morgan fingerprint density at radius 2 is 1.92 bits per heavy atom. The van der Waals surface area contributed by atoms with E-state index in [9.17, 15) is 0 Å². The maximum atomic E-state index is 8.97. The molecule has 0 saturated heterocycles. The van der Waals surface area contributed by atoms with Gasteiger partial charge in [0.1, 0.15) is 0 Å². The quantitative estimate of drug-likeness (QED) is 0.612. The second-order valence-electron chi connectivity index (χ2n) is 3.33. The molecule has 12 heavy (non-hydrogen) atoms. The predicted molar refractivity (Wildman–Crippen MR) is 48.8 cm³/mol. The number of rotatable bonds is 1. The molecule has 1 aromatic carbocycles. The van der Waals surface area contributed by atoms with Gasteiger partial charge in [-0.1, -0.05) is 6.07 Å². The first-order valence-electron chi connectivity index (χ1n) is 4.32. The lowest BCUT2D eigenvalue weighted by molar-refractivity contribution is 0.282. The summed E-state index contributed by atoms with van der Waals surface area (Å²) in [6, 6.07) is 4.05. The molecule has 0 radical (unpaired) electrons. The van der Waals surface area contributed by atoms with Crippen LogP contribution in [0.25, 0.3) is 0 Å². The van der Waals surface area contributed by atoms with Crippen LogP contribution in [-0.2, 0) is 19.4 Å². The van der Waals surface area contributed by atoms with Crippen LogP contribution < -0.4 is 5.73 Å². The molecule has 0 spiro atoms. The van der Waals surface area contributed by atoms with Crippen LogP contribution in [-0.4, -0.2) is 5.11 Å². The molecule has 0 fully saturated rings. The number of hydrogen-bond acceptors (Lipinski definition) is 2. The zero-order chi connectivity index (χ0) is 8.55. The highest BCUT2D eigenvalue weighted by Gasteiger charge is 2.12. The van der Waals surface area contributed by atoms with Crippen molar-refractivity contribution in [2.45, 2.75) is 25.9 Å². The monoisotopic (exact) mass is 163 g/mol. The number of anilines is 1. The topological polar surface area (TPSA) is 46.2 Å². The van der Waals surface area contributed by atoms with Gasteiger partial charge in [-0.25, -0.2) is 0 Å². The first kappa shape index (κ1) is 7.62. The van der Waals surface area contributed by atoms with Crippen molar-refractivity contribution in [3.8, 4) is 0 Å². The lowest BCUT2D eigenvalue weighted by Gasteiger charge is -2.05. The second-order valence-corrected chi connectivity index (χ2v) is 3.33. The number of nitrogen functional groups attached to an aromatic ring is 1. The van der Waals surface area contributed by atoms with Gasteiger partial charge >= 0.3 is 0 Å². The van der Waals surface area contributed by atoms with Crippen molar-refractivity contribution in [1.82, 2.24) is 0 Å².